The lowest BCUT2D eigenvalue weighted by Gasteiger charge is -2.20. The molecule has 4 aromatic rings. The topological polar surface area (TPSA) is 123 Å². The number of benzene rings is 3. The van der Waals surface area contributed by atoms with Gasteiger partial charge in [0, 0.05) is 16.7 Å². The second kappa shape index (κ2) is 8.79. The molecule has 3 aromatic carbocycles. The largest absolute Gasteiger partial charge is 0.431 e. The summed E-state index contributed by atoms with van der Waals surface area (Å²) in [6, 6.07) is 15.8. The fourth-order valence-corrected chi connectivity index (χ4v) is 5.41. The van der Waals surface area contributed by atoms with Crippen LogP contribution in [0.5, 0.6) is 0 Å². The zero-order valence-corrected chi connectivity index (χ0v) is 20.0. The third-order valence-corrected chi connectivity index (χ3v) is 8.19. The summed E-state index contributed by atoms with van der Waals surface area (Å²) < 4.78 is 29.8. The van der Waals surface area contributed by atoms with Crippen molar-refractivity contribution in [1.82, 2.24) is 4.98 Å². The predicted molar refractivity (Wildman–Crippen MR) is 131 cm³/mol. The number of amides is 1. The van der Waals surface area contributed by atoms with E-state index in [0.29, 0.717) is 22.2 Å². The molecule has 1 aliphatic carbocycles. The van der Waals surface area contributed by atoms with E-state index in [2.05, 4.69) is 10.3 Å². The standard InChI is InChI=1S/C25H18N2O6S2/c1-2-35(31,32)14-10-11-20-19(12-14)27-25(33-20)34-13-21(28)26-18-9-5-8-17-22(18)24(30)16-7-4-3-6-15(16)23(17)29/h3-12H,2,13H2,1H3,(H,26,28). The number of carbonyl (C=O) groups excluding carboxylic acids is 3. The van der Waals surface area contributed by atoms with Crippen LogP contribution in [-0.4, -0.2) is 42.4 Å². The first kappa shape index (κ1) is 23.0. The van der Waals surface area contributed by atoms with E-state index >= 15 is 0 Å². The van der Waals surface area contributed by atoms with E-state index in [1.165, 1.54) is 18.2 Å². The Morgan fingerprint density at radius 1 is 0.971 bits per heavy atom. The molecule has 8 nitrogen and oxygen atoms in total. The van der Waals surface area contributed by atoms with Crippen LogP contribution in [0.15, 0.2) is 75.2 Å². The van der Waals surface area contributed by atoms with Crippen LogP contribution in [0.4, 0.5) is 5.69 Å². The molecule has 35 heavy (non-hydrogen) atoms. The molecule has 0 atom stereocenters. The summed E-state index contributed by atoms with van der Waals surface area (Å²) in [7, 11) is -3.38. The third-order valence-electron chi connectivity index (χ3n) is 5.63. The number of anilines is 1. The first-order valence-electron chi connectivity index (χ1n) is 10.7. The molecule has 1 N–H and O–H groups in total. The van der Waals surface area contributed by atoms with E-state index in [1.54, 1.807) is 49.4 Å². The second-order valence-electron chi connectivity index (χ2n) is 7.78. The fraction of sp³-hybridized carbons (Fsp3) is 0.120. The van der Waals surface area contributed by atoms with Gasteiger partial charge >= 0.3 is 0 Å². The normalized spacial score (nSPS) is 12.9. The molecule has 0 spiro atoms. The summed E-state index contributed by atoms with van der Waals surface area (Å²) in [5.74, 6) is -1.11. The minimum Gasteiger partial charge on any atom is -0.431 e. The van der Waals surface area contributed by atoms with Gasteiger partial charge in [-0.3, -0.25) is 14.4 Å². The zero-order valence-electron chi connectivity index (χ0n) is 18.4. The Kier molecular flexibility index (Phi) is 5.78. The van der Waals surface area contributed by atoms with Gasteiger partial charge in [0.2, 0.25) is 5.91 Å². The van der Waals surface area contributed by atoms with Gasteiger partial charge < -0.3 is 9.73 Å². The molecule has 0 saturated carbocycles. The van der Waals surface area contributed by atoms with E-state index in [9.17, 15) is 22.8 Å². The van der Waals surface area contributed by atoms with Crippen molar-refractivity contribution in [2.75, 3.05) is 16.8 Å². The second-order valence-corrected chi connectivity index (χ2v) is 11.0. The van der Waals surface area contributed by atoms with Crippen molar-refractivity contribution in [3.8, 4) is 0 Å². The highest BCUT2D eigenvalue weighted by atomic mass is 32.2. The predicted octanol–water partition coefficient (Wildman–Crippen LogP) is 4.13. The first-order chi connectivity index (χ1) is 16.8. The number of oxazole rings is 1. The summed E-state index contributed by atoms with van der Waals surface area (Å²) in [4.78, 5) is 43.0. The summed E-state index contributed by atoms with van der Waals surface area (Å²) in [5, 5.41) is 2.92. The van der Waals surface area contributed by atoms with Gasteiger partial charge in [-0.05, 0) is 24.3 Å². The van der Waals surface area contributed by atoms with Crippen molar-refractivity contribution in [3.05, 3.63) is 82.9 Å². The van der Waals surface area contributed by atoms with Gasteiger partial charge in [-0.25, -0.2) is 13.4 Å². The molecule has 0 radical (unpaired) electrons. The Morgan fingerprint density at radius 3 is 2.43 bits per heavy atom. The number of hydrogen-bond acceptors (Lipinski definition) is 8. The van der Waals surface area contributed by atoms with Crippen LogP contribution in [0.2, 0.25) is 0 Å². The Hall–Kier alpha value is -3.76. The van der Waals surface area contributed by atoms with Crippen LogP contribution in [0.1, 0.15) is 38.8 Å². The van der Waals surface area contributed by atoms with Gasteiger partial charge in [-0.2, -0.15) is 0 Å². The molecule has 0 bridgehead atoms. The molecule has 0 saturated heterocycles. The first-order valence-corrected chi connectivity index (χ1v) is 13.3. The number of ketones is 2. The monoisotopic (exact) mass is 506 g/mol. The van der Waals surface area contributed by atoms with Gasteiger partial charge in [-0.1, -0.05) is 55.1 Å². The Morgan fingerprint density at radius 2 is 1.69 bits per heavy atom. The molecule has 176 valence electrons. The van der Waals surface area contributed by atoms with Crippen LogP contribution in [0, 0.1) is 0 Å². The van der Waals surface area contributed by atoms with E-state index in [0.717, 1.165) is 11.8 Å². The maximum absolute atomic E-state index is 13.1. The zero-order chi connectivity index (χ0) is 24.7. The highest BCUT2D eigenvalue weighted by Crippen LogP contribution is 2.32. The molecule has 1 heterocycles. The van der Waals surface area contributed by atoms with Crippen molar-refractivity contribution >= 4 is 55.9 Å². The summed E-state index contributed by atoms with van der Waals surface area (Å²) in [6.07, 6.45) is 0. The maximum atomic E-state index is 13.1. The smallest absolute Gasteiger partial charge is 0.257 e. The number of fused-ring (bicyclic) bond motifs is 3. The Bertz CT molecular complexity index is 1640. The van der Waals surface area contributed by atoms with Crippen molar-refractivity contribution in [2.45, 2.75) is 17.0 Å². The Labute approximate surface area is 204 Å². The average Bonchev–Trinajstić information content (AvgIpc) is 3.28. The van der Waals surface area contributed by atoms with Crippen LogP contribution in [0.3, 0.4) is 0 Å². The van der Waals surface area contributed by atoms with E-state index < -0.39 is 15.7 Å². The molecule has 5 rings (SSSR count). The van der Waals surface area contributed by atoms with Gasteiger partial charge in [0.25, 0.3) is 5.22 Å². The highest BCUT2D eigenvalue weighted by molar-refractivity contribution is 7.99. The van der Waals surface area contributed by atoms with E-state index in [4.69, 9.17) is 4.42 Å². The number of thioether (sulfide) groups is 1. The average molecular weight is 507 g/mol. The number of sulfone groups is 1. The lowest BCUT2D eigenvalue weighted by atomic mass is 9.83. The molecule has 1 aliphatic rings. The van der Waals surface area contributed by atoms with Gasteiger partial charge in [0.05, 0.1) is 27.7 Å². The number of rotatable bonds is 6. The quantitative estimate of drug-likeness (QED) is 0.341. The molecule has 10 heteroatoms. The highest BCUT2D eigenvalue weighted by Gasteiger charge is 2.31. The molecule has 0 unspecified atom stereocenters. The Balaban J connectivity index is 1.33. The van der Waals surface area contributed by atoms with Crippen LogP contribution in [0.25, 0.3) is 11.1 Å². The van der Waals surface area contributed by atoms with Gasteiger partial charge in [-0.15, -0.1) is 0 Å². The maximum Gasteiger partial charge on any atom is 0.257 e. The lowest BCUT2D eigenvalue weighted by molar-refractivity contribution is -0.113. The number of nitrogens with zero attached hydrogens (tertiary/aromatic N) is 1. The summed E-state index contributed by atoms with van der Waals surface area (Å²) in [5.41, 5.74) is 2.10. The van der Waals surface area contributed by atoms with Gasteiger partial charge in [0.15, 0.2) is 27.0 Å². The van der Waals surface area contributed by atoms with Crippen LogP contribution < -0.4 is 5.32 Å². The molecule has 1 aromatic heterocycles. The molecular formula is C25H18N2O6S2. The summed E-state index contributed by atoms with van der Waals surface area (Å²) >= 11 is 1.03. The molecular weight excluding hydrogens is 488 g/mol. The number of carbonyl (C=O) groups is 3. The molecule has 0 fully saturated rings. The molecule has 1 amide bonds. The third kappa shape index (κ3) is 4.15. The number of aromatic nitrogens is 1. The SMILES string of the molecule is CCS(=O)(=O)c1ccc2oc(SCC(=O)Nc3cccc4c3C(=O)c3ccccc3C4=O)nc2c1. The molecule has 0 aliphatic heterocycles. The van der Waals surface area contributed by atoms with Gasteiger partial charge in [0.1, 0.15) is 5.52 Å². The van der Waals surface area contributed by atoms with E-state index in [-0.39, 0.29) is 50.0 Å². The number of hydrogen-bond donors (Lipinski definition) is 1. The van der Waals surface area contributed by atoms with E-state index in [1.807, 2.05) is 0 Å². The van der Waals surface area contributed by atoms with Crippen molar-refractivity contribution in [3.63, 3.8) is 0 Å². The van der Waals surface area contributed by atoms with Crippen molar-refractivity contribution in [2.24, 2.45) is 0 Å². The minimum atomic E-state index is -3.38. The van der Waals surface area contributed by atoms with Crippen LogP contribution in [-0.2, 0) is 14.6 Å². The number of nitrogens with one attached hydrogen (secondary N) is 1. The van der Waals surface area contributed by atoms with Crippen molar-refractivity contribution in [1.29, 1.82) is 0 Å². The van der Waals surface area contributed by atoms with Crippen molar-refractivity contribution < 1.29 is 27.2 Å². The minimum absolute atomic E-state index is 0.0268. The summed E-state index contributed by atoms with van der Waals surface area (Å²) in [6.45, 7) is 1.56. The fourth-order valence-electron chi connectivity index (χ4n) is 3.87. The van der Waals surface area contributed by atoms with Crippen LogP contribution >= 0.6 is 11.8 Å². The lowest BCUT2D eigenvalue weighted by Crippen LogP contribution is -2.24.